The normalized spacial score (nSPS) is 11.4. The van der Waals surface area contributed by atoms with E-state index in [0.717, 1.165) is 12.8 Å². The quantitative estimate of drug-likeness (QED) is 0.694. The summed E-state index contributed by atoms with van der Waals surface area (Å²) in [5.74, 6) is 0.253. The van der Waals surface area contributed by atoms with Crippen LogP contribution in [0.3, 0.4) is 0 Å². The third-order valence-electron chi connectivity index (χ3n) is 3.54. The maximum absolute atomic E-state index is 13.2. The monoisotopic (exact) mass is 286 g/mol. The molecular formula is C15H15FN4O. The lowest BCUT2D eigenvalue weighted by atomic mass is 10.2. The summed E-state index contributed by atoms with van der Waals surface area (Å²) in [5.41, 5.74) is 0.927. The number of hydrogen-bond donors (Lipinski definition) is 0. The van der Waals surface area contributed by atoms with Crippen molar-refractivity contribution in [1.82, 2.24) is 19.7 Å². The standard InChI is InChI=1S/C15H15FN4O/c1-3-4-7-20-9(2)17-13-11-6-5-10(16)8-12(11)18-19-14(13)15(20)21/h5-6,8H,3-4,7H2,1-2H3. The Morgan fingerprint density at radius 2 is 2.05 bits per heavy atom. The molecule has 21 heavy (non-hydrogen) atoms. The number of fused-ring (bicyclic) bond motifs is 3. The molecule has 0 radical (unpaired) electrons. The topological polar surface area (TPSA) is 60.7 Å². The van der Waals surface area contributed by atoms with Gasteiger partial charge in [-0.2, -0.15) is 0 Å². The Hall–Kier alpha value is -2.37. The second-order valence-electron chi connectivity index (χ2n) is 5.03. The van der Waals surface area contributed by atoms with Crippen LogP contribution in [-0.4, -0.2) is 19.7 Å². The molecule has 3 aromatic rings. The van der Waals surface area contributed by atoms with E-state index < -0.39 is 0 Å². The Morgan fingerprint density at radius 3 is 2.81 bits per heavy atom. The first-order chi connectivity index (χ1) is 10.1. The Bertz CT molecular complexity index is 888. The Morgan fingerprint density at radius 1 is 1.24 bits per heavy atom. The Labute approximate surface area is 120 Å². The fraction of sp³-hybridized carbons (Fsp3) is 0.333. The molecular weight excluding hydrogens is 271 g/mol. The van der Waals surface area contributed by atoms with Gasteiger partial charge in [-0.1, -0.05) is 13.3 Å². The molecule has 0 aliphatic heterocycles. The zero-order valence-electron chi connectivity index (χ0n) is 11.9. The van der Waals surface area contributed by atoms with Gasteiger partial charge in [-0.25, -0.2) is 9.37 Å². The van der Waals surface area contributed by atoms with Crippen LogP contribution in [0.2, 0.25) is 0 Å². The van der Waals surface area contributed by atoms with Crippen LogP contribution >= 0.6 is 0 Å². The number of aromatic nitrogens is 4. The molecule has 0 atom stereocenters. The van der Waals surface area contributed by atoms with Gasteiger partial charge in [0.2, 0.25) is 0 Å². The van der Waals surface area contributed by atoms with Gasteiger partial charge in [0.1, 0.15) is 17.2 Å². The number of nitrogens with zero attached hydrogens (tertiary/aromatic N) is 4. The molecule has 0 saturated carbocycles. The molecule has 2 heterocycles. The van der Waals surface area contributed by atoms with Gasteiger partial charge in [0.05, 0.1) is 5.52 Å². The molecule has 0 bridgehead atoms. The number of benzene rings is 1. The van der Waals surface area contributed by atoms with E-state index >= 15 is 0 Å². The lowest BCUT2D eigenvalue weighted by Gasteiger charge is -2.10. The van der Waals surface area contributed by atoms with E-state index in [2.05, 4.69) is 22.1 Å². The summed E-state index contributed by atoms with van der Waals surface area (Å²) in [6, 6.07) is 4.22. The third kappa shape index (κ3) is 2.26. The summed E-state index contributed by atoms with van der Waals surface area (Å²) >= 11 is 0. The van der Waals surface area contributed by atoms with Crippen LogP contribution in [0.5, 0.6) is 0 Å². The van der Waals surface area contributed by atoms with Crippen molar-refractivity contribution >= 4 is 21.9 Å². The zero-order chi connectivity index (χ0) is 15.0. The van der Waals surface area contributed by atoms with E-state index in [4.69, 9.17) is 0 Å². The van der Waals surface area contributed by atoms with Crippen molar-refractivity contribution in [3.05, 3.63) is 40.2 Å². The van der Waals surface area contributed by atoms with E-state index in [1.165, 1.54) is 12.1 Å². The van der Waals surface area contributed by atoms with Crippen LogP contribution in [0.15, 0.2) is 23.0 Å². The smallest absolute Gasteiger partial charge is 0.281 e. The molecule has 0 aliphatic rings. The zero-order valence-corrected chi connectivity index (χ0v) is 11.9. The molecule has 2 aromatic heterocycles. The highest BCUT2D eigenvalue weighted by Gasteiger charge is 2.13. The SMILES string of the molecule is CCCCn1c(C)nc2c(nnc3cc(F)ccc32)c1=O. The van der Waals surface area contributed by atoms with Gasteiger partial charge in [-0.3, -0.25) is 9.36 Å². The van der Waals surface area contributed by atoms with Crippen molar-refractivity contribution in [2.45, 2.75) is 33.2 Å². The average Bonchev–Trinajstić information content (AvgIpc) is 2.46. The van der Waals surface area contributed by atoms with Crippen LogP contribution in [0.4, 0.5) is 4.39 Å². The second-order valence-corrected chi connectivity index (χ2v) is 5.03. The number of unbranched alkanes of at least 4 members (excludes halogenated alkanes) is 1. The molecule has 6 heteroatoms. The third-order valence-corrected chi connectivity index (χ3v) is 3.54. The van der Waals surface area contributed by atoms with Gasteiger partial charge >= 0.3 is 0 Å². The molecule has 0 spiro atoms. The van der Waals surface area contributed by atoms with Crippen LogP contribution in [0, 0.1) is 12.7 Å². The molecule has 0 fully saturated rings. The van der Waals surface area contributed by atoms with Crippen molar-refractivity contribution in [3.63, 3.8) is 0 Å². The fourth-order valence-electron chi connectivity index (χ4n) is 2.40. The van der Waals surface area contributed by atoms with E-state index in [0.29, 0.717) is 28.8 Å². The largest absolute Gasteiger partial charge is 0.295 e. The van der Waals surface area contributed by atoms with Gasteiger partial charge in [-0.15, -0.1) is 10.2 Å². The molecule has 1 aromatic carbocycles. The summed E-state index contributed by atoms with van der Waals surface area (Å²) in [4.78, 5) is 17.0. The van der Waals surface area contributed by atoms with Crippen molar-refractivity contribution < 1.29 is 4.39 Å². The summed E-state index contributed by atoms with van der Waals surface area (Å²) in [7, 11) is 0. The summed E-state index contributed by atoms with van der Waals surface area (Å²) < 4.78 is 14.9. The first-order valence-electron chi connectivity index (χ1n) is 6.95. The second kappa shape index (κ2) is 5.20. The van der Waals surface area contributed by atoms with Crippen LogP contribution in [-0.2, 0) is 6.54 Å². The van der Waals surface area contributed by atoms with E-state index in [1.54, 1.807) is 17.6 Å². The predicted molar refractivity (Wildman–Crippen MR) is 78.7 cm³/mol. The number of hydrogen-bond acceptors (Lipinski definition) is 4. The minimum atomic E-state index is -0.385. The van der Waals surface area contributed by atoms with E-state index in [1.807, 2.05) is 0 Å². The number of rotatable bonds is 3. The van der Waals surface area contributed by atoms with E-state index in [-0.39, 0.29) is 16.9 Å². The summed E-state index contributed by atoms with van der Waals surface area (Å²) in [6.07, 6.45) is 1.90. The maximum Gasteiger partial charge on any atom is 0.281 e. The van der Waals surface area contributed by atoms with Crippen molar-refractivity contribution in [2.75, 3.05) is 0 Å². The van der Waals surface area contributed by atoms with Gasteiger partial charge in [0, 0.05) is 18.0 Å². The number of halogens is 1. The maximum atomic E-state index is 13.2. The van der Waals surface area contributed by atoms with Gasteiger partial charge < -0.3 is 0 Å². The van der Waals surface area contributed by atoms with Gasteiger partial charge in [0.25, 0.3) is 5.56 Å². The summed E-state index contributed by atoms with van der Waals surface area (Å²) in [6.45, 7) is 4.48. The minimum Gasteiger partial charge on any atom is -0.295 e. The molecule has 3 rings (SSSR count). The van der Waals surface area contributed by atoms with Gasteiger partial charge in [-0.05, 0) is 25.5 Å². The molecule has 5 nitrogen and oxygen atoms in total. The van der Waals surface area contributed by atoms with Crippen LogP contribution in [0.1, 0.15) is 25.6 Å². The van der Waals surface area contributed by atoms with Crippen molar-refractivity contribution in [2.24, 2.45) is 0 Å². The molecule has 0 saturated heterocycles. The summed E-state index contributed by atoms with van der Waals surface area (Å²) in [5, 5.41) is 8.53. The lowest BCUT2D eigenvalue weighted by Crippen LogP contribution is -2.25. The molecule has 0 unspecified atom stereocenters. The first-order valence-corrected chi connectivity index (χ1v) is 6.95. The first kappa shape index (κ1) is 13.6. The molecule has 0 aliphatic carbocycles. The average molecular weight is 286 g/mol. The molecule has 0 amide bonds. The highest BCUT2D eigenvalue weighted by Crippen LogP contribution is 2.19. The predicted octanol–water partition coefficient (Wildman–Crippen LogP) is 2.59. The highest BCUT2D eigenvalue weighted by atomic mass is 19.1. The van der Waals surface area contributed by atoms with Crippen molar-refractivity contribution in [3.8, 4) is 0 Å². The molecule has 0 N–H and O–H groups in total. The fourth-order valence-corrected chi connectivity index (χ4v) is 2.40. The minimum absolute atomic E-state index is 0.190. The molecule has 108 valence electrons. The van der Waals surface area contributed by atoms with Crippen LogP contribution < -0.4 is 5.56 Å². The van der Waals surface area contributed by atoms with Crippen molar-refractivity contribution in [1.29, 1.82) is 0 Å². The van der Waals surface area contributed by atoms with Crippen LogP contribution in [0.25, 0.3) is 21.9 Å². The Balaban J connectivity index is 2.33. The highest BCUT2D eigenvalue weighted by molar-refractivity contribution is 6.00. The Kier molecular flexibility index (Phi) is 3.37. The van der Waals surface area contributed by atoms with Gasteiger partial charge in [0.15, 0.2) is 5.52 Å². The lowest BCUT2D eigenvalue weighted by molar-refractivity contribution is 0.590. The van der Waals surface area contributed by atoms with E-state index in [9.17, 15) is 9.18 Å². The number of aryl methyl sites for hydroxylation is 1.